The Balaban J connectivity index is 2.15. The molecule has 1 aliphatic heterocycles. The van der Waals surface area contributed by atoms with Crippen LogP contribution in [0.3, 0.4) is 0 Å². The molecule has 2 aliphatic rings. The number of likely N-dealkylation sites (tertiary alicyclic amines) is 1. The second-order valence-electron chi connectivity index (χ2n) is 3.27. The minimum absolute atomic E-state index is 0.848. The van der Waals surface area contributed by atoms with Gasteiger partial charge in [0.15, 0.2) is 0 Å². The molecule has 2 fully saturated rings. The third-order valence-corrected chi connectivity index (χ3v) is 4.70. The van der Waals surface area contributed by atoms with E-state index in [-0.39, 0.29) is 0 Å². The maximum absolute atomic E-state index is 2.58. The maximum Gasteiger partial charge on any atom is 0.0647 e. The summed E-state index contributed by atoms with van der Waals surface area (Å²) in [6.07, 6.45) is 4.42. The first-order valence-corrected chi connectivity index (χ1v) is 4.89. The number of hydrogen-bond donors (Lipinski definition) is 0. The van der Waals surface area contributed by atoms with Crippen molar-refractivity contribution in [3.05, 3.63) is 0 Å². The van der Waals surface area contributed by atoms with Gasteiger partial charge in [-0.3, -0.25) is 4.90 Å². The molecule has 3 atom stereocenters. The highest BCUT2D eigenvalue weighted by molar-refractivity contribution is 14.1. The average molecular weight is 237 g/mol. The number of piperidine rings is 1. The lowest BCUT2D eigenvalue weighted by atomic mass is 10.1. The predicted molar refractivity (Wildman–Crippen MR) is 46.7 cm³/mol. The zero-order valence-electron chi connectivity index (χ0n) is 5.68. The summed E-state index contributed by atoms with van der Waals surface area (Å²) in [4.78, 5) is 2.54. The van der Waals surface area contributed by atoms with Crippen molar-refractivity contribution in [3.8, 4) is 0 Å². The Hall–Kier alpha value is 0.690. The van der Waals surface area contributed by atoms with Gasteiger partial charge in [0.1, 0.15) is 0 Å². The van der Waals surface area contributed by atoms with Gasteiger partial charge in [0.25, 0.3) is 0 Å². The minimum atomic E-state index is 0.848. The summed E-state index contributed by atoms with van der Waals surface area (Å²) in [5.74, 6) is 1.03. The average Bonchev–Trinajstić information content (AvgIpc) is 2.37. The van der Waals surface area contributed by atoms with Crippen molar-refractivity contribution in [2.45, 2.75) is 29.4 Å². The van der Waals surface area contributed by atoms with Crippen molar-refractivity contribution in [1.29, 1.82) is 0 Å². The molecule has 0 radical (unpaired) electrons. The second kappa shape index (κ2) is 2.09. The van der Waals surface area contributed by atoms with Gasteiger partial charge in [0, 0.05) is 6.04 Å². The summed E-state index contributed by atoms with van der Waals surface area (Å²) in [5, 5.41) is 0. The fourth-order valence-corrected chi connectivity index (χ4v) is 3.25. The van der Waals surface area contributed by atoms with Crippen molar-refractivity contribution in [3.63, 3.8) is 0 Å². The molecule has 0 aromatic heterocycles. The SMILES string of the molecule is CN1C2CCC(C2)C1I. The van der Waals surface area contributed by atoms with Crippen LogP contribution in [0.5, 0.6) is 0 Å². The third-order valence-electron chi connectivity index (χ3n) is 2.80. The smallest absolute Gasteiger partial charge is 0.0647 e. The van der Waals surface area contributed by atoms with Crippen molar-refractivity contribution < 1.29 is 0 Å². The summed E-state index contributed by atoms with van der Waals surface area (Å²) in [6.45, 7) is 0. The molecule has 3 unspecified atom stereocenters. The highest BCUT2D eigenvalue weighted by atomic mass is 127. The molecule has 2 heteroatoms. The van der Waals surface area contributed by atoms with Gasteiger partial charge in [-0.1, -0.05) is 22.6 Å². The molecule has 0 spiro atoms. The lowest BCUT2D eigenvalue weighted by molar-refractivity contribution is 0.249. The first-order valence-electron chi connectivity index (χ1n) is 3.65. The highest BCUT2D eigenvalue weighted by Crippen LogP contribution is 2.43. The highest BCUT2D eigenvalue weighted by Gasteiger charge is 2.42. The summed E-state index contributed by atoms with van der Waals surface area (Å²) >= 11 is 2.58. The van der Waals surface area contributed by atoms with Gasteiger partial charge in [0.2, 0.25) is 0 Å². The number of nitrogens with zero attached hydrogens (tertiary/aromatic N) is 1. The van der Waals surface area contributed by atoms with Crippen LogP contribution in [0.4, 0.5) is 0 Å². The number of rotatable bonds is 0. The van der Waals surface area contributed by atoms with Crippen molar-refractivity contribution in [1.82, 2.24) is 4.90 Å². The molecule has 1 saturated carbocycles. The molecule has 0 aromatic rings. The van der Waals surface area contributed by atoms with Crippen LogP contribution in [0, 0.1) is 5.92 Å². The van der Waals surface area contributed by atoms with E-state index in [2.05, 4.69) is 34.5 Å². The fraction of sp³-hybridized carbons (Fsp3) is 1.00. The van der Waals surface area contributed by atoms with E-state index in [9.17, 15) is 0 Å². The van der Waals surface area contributed by atoms with E-state index in [0.29, 0.717) is 0 Å². The molecular weight excluding hydrogens is 225 g/mol. The van der Waals surface area contributed by atoms with E-state index < -0.39 is 0 Å². The number of hydrogen-bond acceptors (Lipinski definition) is 1. The van der Waals surface area contributed by atoms with E-state index in [4.69, 9.17) is 0 Å². The van der Waals surface area contributed by atoms with Crippen LogP contribution < -0.4 is 0 Å². The van der Waals surface area contributed by atoms with E-state index in [0.717, 1.165) is 16.0 Å². The molecule has 1 saturated heterocycles. The standard InChI is InChI=1S/C7H12IN/c1-9-6-3-2-5(4-6)7(9)8/h5-7H,2-4H2,1H3. The van der Waals surface area contributed by atoms with Crippen LogP contribution in [0.25, 0.3) is 0 Å². The Morgan fingerprint density at radius 2 is 2.22 bits per heavy atom. The molecule has 0 aromatic carbocycles. The summed E-state index contributed by atoms with van der Waals surface area (Å²) in [5.41, 5.74) is 0. The minimum Gasteiger partial charge on any atom is -0.291 e. The molecule has 52 valence electrons. The molecule has 1 aliphatic carbocycles. The monoisotopic (exact) mass is 237 g/mol. The molecule has 1 heterocycles. The lowest BCUT2D eigenvalue weighted by Gasteiger charge is -2.27. The van der Waals surface area contributed by atoms with E-state index in [1.165, 1.54) is 19.3 Å². The molecule has 0 amide bonds. The Morgan fingerprint density at radius 1 is 1.44 bits per heavy atom. The van der Waals surface area contributed by atoms with Crippen LogP contribution in [0.2, 0.25) is 0 Å². The largest absolute Gasteiger partial charge is 0.291 e. The van der Waals surface area contributed by atoms with Crippen LogP contribution in [-0.4, -0.2) is 22.0 Å². The van der Waals surface area contributed by atoms with Crippen molar-refractivity contribution >= 4 is 22.6 Å². The molecular formula is C7H12IN. The Labute approximate surface area is 69.9 Å². The Bertz CT molecular complexity index is 108. The fourth-order valence-electron chi connectivity index (χ4n) is 2.15. The van der Waals surface area contributed by atoms with E-state index >= 15 is 0 Å². The summed E-state index contributed by atoms with van der Waals surface area (Å²) in [7, 11) is 2.26. The predicted octanol–water partition coefficient (Wildman–Crippen LogP) is 1.86. The van der Waals surface area contributed by atoms with Gasteiger partial charge in [-0.2, -0.15) is 0 Å². The third kappa shape index (κ3) is 0.827. The topological polar surface area (TPSA) is 3.24 Å². The number of alkyl halides is 1. The molecule has 1 nitrogen and oxygen atoms in total. The first-order chi connectivity index (χ1) is 4.29. The number of fused-ring (bicyclic) bond motifs is 2. The van der Waals surface area contributed by atoms with Crippen LogP contribution >= 0.6 is 22.6 Å². The molecule has 2 bridgehead atoms. The van der Waals surface area contributed by atoms with E-state index in [1.54, 1.807) is 0 Å². The normalized spacial score (nSPS) is 50.7. The lowest BCUT2D eigenvalue weighted by Crippen LogP contribution is -2.33. The summed E-state index contributed by atoms with van der Waals surface area (Å²) in [6, 6.07) is 0.942. The molecule has 2 rings (SSSR count). The molecule has 9 heavy (non-hydrogen) atoms. The summed E-state index contributed by atoms with van der Waals surface area (Å²) < 4.78 is 0.848. The second-order valence-corrected chi connectivity index (χ2v) is 4.54. The van der Waals surface area contributed by atoms with E-state index in [1.807, 2.05) is 0 Å². The van der Waals surface area contributed by atoms with Gasteiger partial charge in [0.05, 0.1) is 4.05 Å². The molecule has 0 N–H and O–H groups in total. The Kier molecular flexibility index (Phi) is 1.49. The van der Waals surface area contributed by atoms with Gasteiger partial charge >= 0.3 is 0 Å². The van der Waals surface area contributed by atoms with Crippen LogP contribution in [0.1, 0.15) is 19.3 Å². The zero-order chi connectivity index (χ0) is 6.43. The van der Waals surface area contributed by atoms with Crippen molar-refractivity contribution in [2.75, 3.05) is 7.05 Å². The van der Waals surface area contributed by atoms with Crippen molar-refractivity contribution in [2.24, 2.45) is 5.92 Å². The zero-order valence-corrected chi connectivity index (χ0v) is 7.84. The maximum atomic E-state index is 2.58. The van der Waals surface area contributed by atoms with Crippen LogP contribution in [0.15, 0.2) is 0 Å². The Morgan fingerprint density at radius 3 is 2.56 bits per heavy atom. The van der Waals surface area contributed by atoms with Gasteiger partial charge in [-0.25, -0.2) is 0 Å². The first kappa shape index (κ1) is 6.40. The van der Waals surface area contributed by atoms with Gasteiger partial charge in [-0.15, -0.1) is 0 Å². The van der Waals surface area contributed by atoms with Gasteiger partial charge < -0.3 is 0 Å². The van der Waals surface area contributed by atoms with Crippen LogP contribution in [-0.2, 0) is 0 Å². The quantitative estimate of drug-likeness (QED) is 0.353. The van der Waals surface area contributed by atoms with Gasteiger partial charge in [-0.05, 0) is 32.2 Å². The number of halogens is 1.